The fraction of sp³-hybridized carbons (Fsp3) is 0.312. The van der Waals surface area contributed by atoms with Crippen LogP contribution in [0, 0.1) is 6.92 Å². The van der Waals surface area contributed by atoms with Crippen molar-refractivity contribution in [3.63, 3.8) is 0 Å². The fourth-order valence-electron chi connectivity index (χ4n) is 2.01. The van der Waals surface area contributed by atoms with Crippen LogP contribution in [-0.2, 0) is 6.54 Å². The van der Waals surface area contributed by atoms with E-state index in [-0.39, 0.29) is 11.9 Å². The van der Waals surface area contributed by atoms with Gasteiger partial charge in [-0.2, -0.15) is 0 Å². The summed E-state index contributed by atoms with van der Waals surface area (Å²) in [4.78, 5) is 14.4. The van der Waals surface area contributed by atoms with Gasteiger partial charge in [0, 0.05) is 16.1 Å². The Morgan fingerprint density at radius 2 is 2.05 bits per heavy atom. The molecule has 2 rings (SSSR count). The normalized spacial score (nSPS) is 10.8. The molecule has 0 aliphatic rings. The topological polar surface area (TPSA) is 33.5 Å². The van der Waals surface area contributed by atoms with Gasteiger partial charge in [-0.05, 0) is 51.1 Å². The van der Waals surface area contributed by atoms with Gasteiger partial charge in [-0.3, -0.25) is 4.79 Å². The highest BCUT2D eigenvalue weighted by Crippen LogP contribution is 2.18. The summed E-state index contributed by atoms with van der Waals surface area (Å²) in [5, 5.41) is 0. The molecule has 2 aromatic rings. The van der Waals surface area contributed by atoms with Crippen LogP contribution in [0.2, 0.25) is 0 Å². The second-order valence-corrected chi connectivity index (χ2v) is 5.97. The van der Waals surface area contributed by atoms with Gasteiger partial charge in [-0.25, -0.2) is 0 Å². The highest BCUT2D eigenvalue weighted by molar-refractivity contribution is 9.10. The van der Waals surface area contributed by atoms with E-state index in [1.54, 1.807) is 4.90 Å². The molecule has 0 saturated carbocycles. The Morgan fingerprint density at radius 3 is 2.60 bits per heavy atom. The molecule has 4 heteroatoms. The maximum Gasteiger partial charge on any atom is 0.254 e. The molecule has 0 unspecified atom stereocenters. The van der Waals surface area contributed by atoms with Gasteiger partial charge in [0.2, 0.25) is 0 Å². The van der Waals surface area contributed by atoms with Crippen LogP contribution in [0.4, 0.5) is 0 Å². The molecule has 3 nitrogen and oxygen atoms in total. The van der Waals surface area contributed by atoms with Gasteiger partial charge in [0.05, 0.1) is 6.54 Å². The smallest absolute Gasteiger partial charge is 0.254 e. The second kappa shape index (κ2) is 6.27. The molecular weight excluding hydrogens is 318 g/mol. The van der Waals surface area contributed by atoms with E-state index in [4.69, 9.17) is 4.42 Å². The highest BCUT2D eigenvalue weighted by atomic mass is 79.9. The molecule has 20 heavy (non-hydrogen) atoms. The van der Waals surface area contributed by atoms with Crippen LogP contribution >= 0.6 is 15.9 Å². The number of nitrogens with zero attached hydrogens (tertiary/aromatic N) is 1. The Hall–Kier alpha value is -1.55. The van der Waals surface area contributed by atoms with E-state index < -0.39 is 0 Å². The predicted molar refractivity (Wildman–Crippen MR) is 82.6 cm³/mol. The lowest BCUT2D eigenvalue weighted by atomic mass is 10.1. The van der Waals surface area contributed by atoms with Crippen LogP contribution < -0.4 is 0 Å². The van der Waals surface area contributed by atoms with E-state index in [1.165, 1.54) is 0 Å². The maximum absolute atomic E-state index is 12.6. The van der Waals surface area contributed by atoms with Crippen LogP contribution in [0.15, 0.2) is 45.3 Å². The molecule has 0 spiro atoms. The molecule has 0 radical (unpaired) electrons. The standard InChI is InChI=1S/C16H18BrNO2/c1-11(2)18(10-15-8-7-12(3)20-15)16(19)13-5-4-6-14(17)9-13/h4-9,11H,10H2,1-3H3. The number of benzene rings is 1. The first-order valence-electron chi connectivity index (χ1n) is 6.59. The predicted octanol–water partition coefficient (Wildman–Crippen LogP) is 4.40. The Bertz CT molecular complexity index is 604. The van der Waals surface area contributed by atoms with Crippen molar-refractivity contribution in [3.8, 4) is 0 Å². The molecule has 0 N–H and O–H groups in total. The second-order valence-electron chi connectivity index (χ2n) is 5.05. The van der Waals surface area contributed by atoms with E-state index in [0.29, 0.717) is 12.1 Å². The lowest BCUT2D eigenvalue weighted by Gasteiger charge is -2.26. The van der Waals surface area contributed by atoms with Gasteiger partial charge < -0.3 is 9.32 Å². The molecule has 0 saturated heterocycles. The quantitative estimate of drug-likeness (QED) is 0.829. The largest absolute Gasteiger partial charge is 0.464 e. The van der Waals surface area contributed by atoms with Crippen molar-refractivity contribution in [2.24, 2.45) is 0 Å². The van der Waals surface area contributed by atoms with Crippen molar-refractivity contribution in [1.29, 1.82) is 0 Å². The molecule has 1 aromatic heterocycles. The Balaban J connectivity index is 2.22. The van der Waals surface area contributed by atoms with Crippen molar-refractivity contribution in [3.05, 3.63) is 58.0 Å². The minimum Gasteiger partial charge on any atom is -0.464 e. The average molecular weight is 336 g/mol. The summed E-state index contributed by atoms with van der Waals surface area (Å²) >= 11 is 3.40. The molecule has 0 aliphatic carbocycles. The SMILES string of the molecule is Cc1ccc(CN(C(=O)c2cccc(Br)c2)C(C)C)o1. The zero-order chi connectivity index (χ0) is 14.7. The van der Waals surface area contributed by atoms with E-state index in [2.05, 4.69) is 15.9 Å². The van der Waals surface area contributed by atoms with Crippen LogP contribution in [0.5, 0.6) is 0 Å². The monoisotopic (exact) mass is 335 g/mol. The van der Waals surface area contributed by atoms with E-state index in [0.717, 1.165) is 16.0 Å². The number of rotatable bonds is 4. The van der Waals surface area contributed by atoms with Gasteiger partial charge in [0.1, 0.15) is 11.5 Å². The summed E-state index contributed by atoms with van der Waals surface area (Å²) in [6, 6.07) is 11.4. The lowest BCUT2D eigenvalue weighted by Crippen LogP contribution is -2.36. The van der Waals surface area contributed by atoms with Crippen molar-refractivity contribution in [2.45, 2.75) is 33.4 Å². The number of hydrogen-bond acceptors (Lipinski definition) is 2. The lowest BCUT2D eigenvalue weighted by molar-refractivity contribution is 0.0675. The van der Waals surface area contributed by atoms with Crippen molar-refractivity contribution in [1.82, 2.24) is 4.90 Å². The molecular formula is C16H18BrNO2. The van der Waals surface area contributed by atoms with Gasteiger partial charge in [-0.1, -0.05) is 22.0 Å². The first-order valence-corrected chi connectivity index (χ1v) is 7.38. The summed E-state index contributed by atoms with van der Waals surface area (Å²) in [6.45, 7) is 6.40. The third kappa shape index (κ3) is 3.51. The maximum atomic E-state index is 12.6. The van der Waals surface area contributed by atoms with Gasteiger partial charge in [0.15, 0.2) is 0 Å². The first kappa shape index (κ1) is 14.9. The van der Waals surface area contributed by atoms with Gasteiger partial charge in [-0.15, -0.1) is 0 Å². The van der Waals surface area contributed by atoms with Gasteiger partial charge in [0.25, 0.3) is 5.91 Å². The molecule has 0 atom stereocenters. The molecule has 1 heterocycles. The number of carbonyl (C=O) groups excluding carboxylic acids is 1. The molecule has 106 valence electrons. The summed E-state index contributed by atoms with van der Waals surface area (Å²) in [6.07, 6.45) is 0. The zero-order valence-corrected chi connectivity index (χ0v) is 13.5. The zero-order valence-electron chi connectivity index (χ0n) is 11.9. The number of aryl methyl sites for hydroxylation is 1. The Morgan fingerprint density at radius 1 is 1.30 bits per heavy atom. The molecule has 1 aromatic carbocycles. The summed E-state index contributed by atoms with van der Waals surface area (Å²) < 4.78 is 6.47. The van der Waals surface area contributed by atoms with Crippen LogP contribution in [0.1, 0.15) is 35.7 Å². The Kier molecular flexibility index (Phi) is 4.65. The van der Waals surface area contributed by atoms with Crippen LogP contribution in [-0.4, -0.2) is 16.8 Å². The number of hydrogen-bond donors (Lipinski definition) is 0. The average Bonchev–Trinajstić information content (AvgIpc) is 2.80. The van der Waals surface area contributed by atoms with E-state index in [1.807, 2.05) is 57.2 Å². The molecule has 1 amide bonds. The third-order valence-corrected chi connectivity index (χ3v) is 3.57. The number of amides is 1. The van der Waals surface area contributed by atoms with E-state index in [9.17, 15) is 4.79 Å². The minimum atomic E-state index is 0.00959. The summed E-state index contributed by atoms with van der Waals surface area (Å²) in [5.74, 6) is 1.67. The highest BCUT2D eigenvalue weighted by Gasteiger charge is 2.20. The van der Waals surface area contributed by atoms with Crippen molar-refractivity contribution >= 4 is 21.8 Å². The van der Waals surface area contributed by atoms with Crippen molar-refractivity contribution < 1.29 is 9.21 Å². The summed E-state index contributed by atoms with van der Waals surface area (Å²) in [7, 11) is 0. The number of carbonyl (C=O) groups is 1. The fourth-order valence-corrected chi connectivity index (χ4v) is 2.41. The third-order valence-electron chi connectivity index (χ3n) is 3.08. The minimum absolute atomic E-state index is 0.00959. The molecule has 0 bridgehead atoms. The number of halogens is 1. The molecule has 0 fully saturated rings. The van der Waals surface area contributed by atoms with Gasteiger partial charge >= 0.3 is 0 Å². The summed E-state index contributed by atoms with van der Waals surface area (Å²) in [5.41, 5.74) is 0.677. The first-order chi connectivity index (χ1) is 9.47. The number of furan rings is 1. The van der Waals surface area contributed by atoms with Crippen LogP contribution in [0.25, 0.3) is 0 Å². The molecule has 0 aliphatic heterocycles. The van der Waals surface area contributed by atoms with Crippen molar-refractivity contribution in [2.75, 3.05) is 0 Å². The van der Waals surface area contributed by atoms with E-state index >= 15 is 0 Å². The Labute approximate surface area is 127 Å². The van der Waals surface area contributed by atoms with Crippen LogP contribution in [0.3, 0.4) is 0 Å².